The summed E-state index contributed by atoms with van der Waals surface area (Å²) in [5.41, 5.74) is 0.995. The molecule has 266 valence electrons. The summed E-state index contributed by atoms with van der Waals surface area (Å²) in [6.07, 6.45) is -10.2. The van der Waals surface area contributed by atoms with E-state index in [1.807, 2.05) is 0 Å². The molecule has 0 saturated carbocycles. The second kappa shape index (κ2) is 18.1. The van der Waals surface area contributed by atoms with Crippen molar-refractivity contribution < 1.29 is 60.5 Å². The summed E-state index contributed by atoms with van der Waals surface area (Å²) in [4.78, 5) is 50.7. The Morgan fingerprint density at radius 1 is 0.812 bits per heavy atom. The number of likely N-dealkylation sites (tertiary alicyclic amines) is 1. The number of carboxylic acids is 2. The van der Waals surface area contributed by atoms with Gasteiger partial charge in [-0.05, 0) is 50.2 Å². The van der Waals surface area contributed by atoms with Crippen LogP contribution < -0.4 is 5.32 Å². The molecule has 0 aliphatic carbocycles. The number of hydrogen-bond donors (Lipinski definition) is 3. The Hall–Kier alpha value is -3.80. The third-order valence-corrected chi connectivity index (χ3v) is 7.64. The van der Waals surface area contributed by atoms with E-state index in [0.29, 0.717) is 40.4 Å². The lowest BCUT2D eigenvalue weighted by Gasteiger charge is -2.42. The second-order valence-corrected chi connectivity index (χ2v) is 11.3. The van der Waals surface area contributed by atoms with Crippen molar-refractivity contribution in [2.45, 2.75) is 37.3 Å². The molecule has 0 aromatic heterocycles. The molecule has 19 heteroatoms. The van der Waals surface area contributed by atoms with E-state index in [9.17, 15) is 35.9 Å². The van der Waals surface area contributed by atoms with E-state index in [2.05, 4.69) is 22.2 Å². The highest BCUT2D eigenvalue weighted by Crippen LogP contribution is 2.30. The fourth-order valence-electron chi connectivity index (χ4n) is 4.53. The maximum atomic E-state index is 13.5. The Morgan fingerprint density at radius 3 is 1.75 bits per heavy atom. The number of anilines is 1. The summed E-state index contributed by atoms with van der Waals surface area (Å²) in [5, 5.41) is 17.8. The number of halogens is 8. The maximum absolute atomic E-state index is 13.5. The summed E-state index contributed by atoms with van der Waals surface area (Å²) >= 11 is 12.3. The number of benzene rings is 2. The number of carbonyl (C=O) groups excluding carboxylic acids is 2. The highest BCUT2D eigenvalue weighted by atomic mass is 35.5. The van der Waals surface area contributed by atoms with Crippen LogP contribution >= 0.6 is 23.2 Å². The number of likely N-dealkylation sites (N-methyl/N-ethyl adjacent to an activating group) is 1. The number of carbonyl (C=O) groups is 4. The maximum Gasteiger partial charge on any atom is 0.490 e. The van der Waals surface area contributed by atoms with E-state index in [1.54, 1.807) is 53.4 Å². The molecule has 2 fully saturated rings. The molecule has 0 spiro atoms. The fourth-order valence-corrected chi connectivity index (χ4v) is 4.89. The summed E-state index contributed by atoms with van der Waals surface area (Å²) in [7, 11) is 2.15. The third kappa shape index (κ3) is 13.4. The van der Waals surface area contributed by atoms with Gasteiger partial charge >= 0.3 is 30.4 Å². The molecule has 0 unspecified atom stereocenters. The van der Waals surface area contributed by atoms with E-state index < -0.39 is 36.5 Å². The summed E-state index contributed by atoms with van der Waals surface area (Å²) < 4.78 is 69.1. The van der Waals surface area contributed by atoms with Gasteiger partial charge in [0.15, 0.2) is 0 Å². The predicted molar refractivity (Wildman–Crippen MR) is 162 cm³/mol. The molecule has 1 atom stereocenters. The zero-order valence-electron chi connectivity index (χ0n) is 25.2. The highest BCUT2D eigenvalue weighted by molar-refractivity contribution is 6.31. The topological polar surface area (TPSA) is 140 Å². The van der Waals surface area contributed by atoms with Gasteiger partial charge in [-0.2, -0.15) is 26.3 Å². The van der Waals surface area contributed by atoms with Crippen molar-refractivity contribution in [3.8, 4) is 0 Å². The van der Waals surface area contributed by atoms with Crippen LogP contribution in [0, 0.1) is 0 Å². The van der Waals surface area contributed by atoms with Crippen molar-refractivity contribution in [3.63, 3.8) is 0 Å². The number of aliphatic carboxylic acids is 2. The van der Waals surface area contributed by atoms with Gasteiger partial charge in [-0.1, -0.05) is 41.4 Å². The number of carboxylic acid groups (broad SMARTS) is 2. The molecule has 2 saturated heterocycles. The molecular weight excluding hydrogens is 701 g/mol. The van der Waals surface area contributed by atoms with Crippen LogP contribution in [-0.4, -0.2) is 114 Å². The zero-order valence-corrected chi connectivity index (χ0v) is 26.7. The number of piperazine rings is 1. The average Bonchev–Trinajstić information content (AvgIpc) is 3.01. The molecule has 0 radical (unpaired) electrons. The van der Waals surface area contributed by atoms with Crippen LogP contribution in [0.4, 0.5) is 36.8 Å². The van der Waals surface area contributed by atoms with Gasteiger partial charge < -0.3 is 24.7 Å². The Morgan fingerprint density at radius 2 is 1.29 bits per heavy atom. The predicted octanol–water partition coefficient (Wildman–Crippen LogP) is 5.79. The molecular formula is C29H32Cl2F6N4O7. The number of alkyl halides is 6. The summed E-state index contributed by atoms with van der Waals surface area (Å²) in [5.74, 6) is -5.77. The number of hydrogen-bond acceptors (Lipinski definition) is 7. The Bertz CT molecular complexity index is 1360. The van der Waals surface area contributed by atoms with Crippen LogP contribution in [0.1, 0.15) is 24.5 Å². The van der Waals surface area contributed by atoms with Crippen LogP contribution in [0.25, 0.3) is 0 Å². The monoisotopic (exact) mass is 732 g/mol. The summed E-state index contributed by atoms with van der Waals surface area (Å²) in [6, 6.07) is 14.1. The van der Waals surface area contributed by atoms with Gasteiger partial charge in [0.05, 0.1) is 0 Å². The molecule has 2 heterocycles. The van der Waals surface area contributed by atoms with E-state index in [1.165, 1.54) is 0 Å². The van der Waals surface area contributed by atoms with E-state index in [0.717, 1.165) is 39.0 Å². The molecule has 2 amide bonds. The molecule has 48 heavy (non-hydrogen) atoms. The molecule has 2 aromatic carbocycles. The molecule has 3 N–H and O–H groups in total. The van der Waals surface area contributed by atoms with Gasteiger partial charge in [0.1, 0.15) is 0 Å². The van der Waals surface area contributed by atoms with Crippen molar-refractivity contribution >= 4 is 52.8 Å². The second-order valence-electron chi connectivity index (χ2n) is 10.4. The quantitative estimate of drug-likeness (QED) is 0.326. The third-order valence-electron chi connectivity index (χ3n) is 7.04. The number of piperidine rings is 1. The van der Waals surface area contributed by atoms with Gasteiger partial charge in [0.25, 0.3) is 5.91 Å². The van der Waals surface area contributed by atoms with Gasteiger partial charge in [0, 0.05) is 66.6 Å². The number of rotatable bonds is 5. The van der Waals surface area contributed by atoms with Gasteiger partial charge in [-0.3, -0.25) is 15.0 Å². The SMILES string of the molecule is CN1CCN(C2CCN(C(=O)[C@H](OC(=O)Nc3ccc(Cl)cc3)c3ccccc3Cl)CC2)CC1.O=C(O)C(F)(F)F.O=C(O)C(F)(F)F. The number of nitrogens with one attached hydrogen (secondary N) is 1. The Kier molecular flexibility index (Phi) is 15.2. The normalized spacial score (nSPS) is 16.7. The van der Waals surface area contributed by atoms with E-state index in [4.69, 9.17) is 47.7 Å². The average molecular weight is 733 g/mol. The minimum Gasteiger partial charge on any atom is -0.475 e. The van der Waals surface area contributed by atoms with Crippen LogP contribution in [-0.2, 0) is 19.1 Å². The van der Waals surface area contributed by atoms with Crippen LogP contribution in [0.2, 0.25) is 10.0 Å². The Labute approximate surface area is 280 Å². The van der Waals surface area contributed by atoms with Gasteiger partial charge in [-0.15, -0.1) is 0 Å². The van der Waals surface area contributed by atoms with E-state index in [-0.39, 0.29) is 5.91 Å². The molecule has 11 nitrogen and oxygen atoms in total. The van der Waals surface area contributed by atoms with Crippen molar-refractivity contribution in [3.05, 3.63) is 64.1 Å². The Balaban J connectivity index is 0.000000479. The molecule has 2 aliphatic heterocycles. The summed E-state index contributed by atoms with van der Waals surface area (Å²) in [6.45, 7) is 5.52. The lowest BCUT2D eigenvalue weighted by molar-refractivity contribution is -0.193. The minimum atomic E-state index is -5.08. The zero-order chi connectivity index (χ0) is 36.2. The molecule has 2 aliphatic rings. The standard InChI is InChI=1S/C25H30Cl2N4O3.2C2HF3O2/c1-29-14-16-30(17-15-29)20-10-12-31(13-11-20)24(32)23(21-4-2-3-5-22(21)27)34-25(33)28-19-8-6-18(26)7-9-19;2*3-2(4,5)1(6)7/h2-9,20,23H,10-17H2,1H3,(H,28,33);2*(H,6,7)/t23-;;/m1../s1. The first-order valence-electron chi connectivity index (χ1n) is 14.1. The fraction of sp³-hybridized carbons (Fsp3) is 0.448. The van der Waals surface area contributed by atoms with Crippen molar-refractivity contribution in [1.82, 2.24) is 14.7 Å². The number of ether oxygens (including phenoxy) is 1. The van der Waals surface area contributed by atoms with Crippen molar-refractivity contribution in [2.75, 3.05) is 51.6 Å². The molecule has 2 aromatic rings. The minimum absolute atomic E-state index is 0.254. The lowest BCUT2D eigenvalue weighted by Crippen LogP contribution is -2.53. The smallest absolute Gasteiger partial charge is 0.475 e. The van der Waals surface area contributed by atoms with Gasteiger partial charge in [-0.25, -0.2) is 14.4 Å². The first-order valence-corrected chi connectivity index (χ1v) is 14.8. The van der Waals surface area contributed by atoms with Gasteiger partial charge in [0.2, 0.25) is 6.10 Å². The van der Waals surface area contributed by atoms with Crippen molar-refractivity contribution in [2.24, 2.45) is 0 Å². The first-order chi connectivity index (χ1) is 22.3. The van der Waals surface area contributed by atoms with Crippen molar-refractivity contribution in [1.29, 1.82) is 0 Å². The first kappa shape index (κ1) is 40.4. The van der Waals surface area contributed by atoms with Crippen LogP contribution in [0.5, 0.6) is 0 Å². The largest absolute Gasteiger partial charge is 0.490 e. The highest BCUT2D eigenvalue weighted by Gasteiger charge is 2.39. The van der Waals surface area contributed by atoms with E-state index >= 15 is 0 Å². The lowest BCUT2D eigenvalue weighted by atomic mass is 10.0. The molecule has 4 rings (SSSR count). The number of nitrogens with zero attached hydrogens (tertiary/aromatic N) is 3. The van der Waals surface area contributed by atoms with Crippen LogP contribution in [0.15, 0.2) is 48.5 Å². The molecule has 0 bridgehead atoms. The van der Waals surface area contributed by atoms with Crippen LogP contribution in [0.3, 0.4) is 0 Å². The number of amides is 2.